The molecule has 0 saturated carbocycles. The number of rotatable bonds is 2. The van der Waals surface area contributed by atoms with E-state index in [2.05, 4.69) is 5.10 Å². The Bertz CT molecular complexity index is 751. The van der Waals surface area contributed by atoms with E-state index in [1.54, 1.807) is 0 Å². The molecule has 2 N–H and O–H groups in total. The molecule has 1 aromatic carbocycles. The minimum atomic E-state index is -4.50. The van der Waals surface area contributed by atoms with Crippen molar-refractivity contribution in [1.29, 1.82) is 0 Å². The van der Waals surface area contributed by atoms with Crippen LogP contribution < -0.4 is 5.73 Å². The summed E-state index contributed by atoms with van der Waals surface area (Å²) in [6.07, 6.45) is -2.56. The third-order valence-corrected chi connectivity index (χ3v) is 3.70. The largest absolute Gasteiger partial charge is 0.416 e. The summed E-state index contributed by atoms with van der Waals surface area (Å²) < 4.78 is 61.6. The van der Waals surface area contributed by atoms with Crippen molar-refractivity contribution >= 4 is 15.7 Å². The van der Waals surface area contributed by atoms with Gasteiger partial charge in [-0.2, -0.15) is 18.3 Å². The van der Waals surface area contributed by atoms with E-state index in [-0.39, 0.29) is 16.4 Å². The third kappa shape index (κ3) is 2.62. The van der Waals surface area contributed by atoms with Crippen molar-refractivity contribution in [3.05, 3.63) is 36.0 Å². The maximum absolute atomic E-state index is 12.6. The van der Waals surface area contributed by atoms with Crippen LogP contribution >= 0.6 is 0 Å². The van der Waals surface area contributed by atoms with Crippen LogP contribution in [0, 0.1) is 0 Å². The Labute approximate surface area is 112 Å². The van der Waals surface area contributed by atoms with Crippen molar-refractivity contribution in [2.45, 2.75) is 11.1 Å². The number of sulfone groups is 1. The fourth-order valence-electron chi connectivity index (χ4n) is 1.65. The molecule has 0 unspecified atom stereocenters. The summed E-state index contributed by atoms with van der Waals surface area (Å²) >= 11 is 0. The average molecular weight is 305 g/mol. The van der Waals surface area contributed by atoms with Gasteiger partial charge in [-0.15, -0.1) is 0 Å². The quantitative estimate of drug-likeness (QED) is 0.919. The number of aromatic nitrogens is 2. The second-order valence-electron chi connectivity index (χ2n) is 4.13. The molecule has 0 radical (unpaired) electrons. The minimum Gasteiger partial charge on any atom is -0.382 e. The maximum Gasteiger partial charge on any atom is 0.416 e. The van der Waals surface area contributed by atoms with E-state index in [0.29, 0.717) is 0 Å². The van der Waals surface area contributed by atoms with E-state index < -0.39 is 21.6 Å². The molecule has 0 amide bonds. The highest BCUT2D eigenvalue weighted by Gasteiger charge is 2.30. The molecule has 0 spiro atoms. The lowest BCUT2D eigenvalue weighted by Gasteiger charge is -2.09. The zero-order valence-electron chi connectivity index (χ0n) is 10.2. The van der Waals surface area contributed by atoms with Gasteiger partial charge in [0.2, 0.25) is 0 Å². The van der Waals surface area contributed by atoms with Gasteiger partial charge >= 0.3 is 6.18 Å². The summed E-state index contributed by atoms with van der Waals surface area (Å²) in [4.78, 5) is -0.227. The predicted octanol–water partition coefficient (Wildman–Crippen LogP) is 1.88. The number of hydrogen-bond donors (Lipinski definition) is 1. The SMILES string of the molecule is CS(=O)(=O)c1cnn(-c2cccc(C(F)(F)F)c2)c1N. The molecule has 0 aliphatic heterocycles. The molecule has 0 aliphatic rings. The normalized spacial score (nSPS) is 12.6. The summed E-state index contributed by atoms with van der Waals surface area (Å²) in [5.41, 5.74) is 4.79. The molecule has 1 aromatic heterocycles. The fourth-order valence-corrected chi connectivity index (χ4v) is 2.35. The van der Waals surface area contributed by atoms with Crippen LogP contribution in [-0.4, -0.2) is 24.5 Å². The monoisotopic (exact) mass is 305 g/mol. The molecule has 5 nitrogen and oxygen atoms in total. The zero-order valence-corrected chi connectivity index (χ0v) is 11.0. The third-order valence-electron chi connectivity index (χ3n) is 2.59. The molecule has 9 heteroatoms. The van der Waals surface area contributed by atoms with E-state index >= 15 is 0 Å². The zero-order chi connectivity index (χ0) is 15.1. The van der Waals surface area contributed by atoms with Crippen LogP contribution in [0.3, 0.4) is 0 Å². The first kappa shape index (κ1) is 14.4. The van der Waals surface area contributed by atoms with E-state index in [1.165, 1.54) is 12.1 Å². The Balaban J connectivity index is 2.57. The van der Waals surface area contributed by atoms with E-state index in [0.717, 1.165) is 29.3 Å². The van der Waals surface area contributed by atoms with Gasteiger partial charge in [-0.25, -0.2) is 13.1 Å². The van der Waals surface area contributed by atoms with Crippen molar-refractivity contribution in [1.82, 2.24) is 9.78 Å². The maximum atomic E-state index is 12.6. The van der Waals surface area contributed by atoms with Crippen LogP contribution in [0.1, 0.15) is 5.56 Å². The van der Waals surface area contributed by atoms with Gasteiger partial charge in [0.25, 0.3) is 0 Å². The van der Waals surface area contributed by atoms with Crippen LogP contribution in [-0.2, 0) is 16.0 Å². The number of halogens is 3. The van der Waals surface area contributed by atoms with Crippen LogP contribution in [0.2, 0.25) is 0 Å². The highest BCUT2D eigenvalue weighted by Crippen LogP contribution is 2.31. The molecule has 0 aliphatic carbocycles. The summed E-state index contributed by atoms with van der Waals surface area (Å²) in [6, 6.07) is 4.29. The summed E-state index contributed by atoms with van der Waals surface area (Å²) in [5, 5.41) is 3.72. The topological polar surface area (TPSA) is 78.0 Å². The van der Waals surface area contributed by atoms with Crippen molar-refractivity contribution in [3.63, 3.8) is 0 Å². The molecule has 20 heavy (non-hydrogen) atoms. The Morgan fingerprint density at radius 2 is 1.95 bits per heavy atom. The van der Waals surface area contributed by atoms with Crippen molar-refractivity contribution < 1.29 is 21.6 Å². The lowest BCUT2D eigenvalue weighted by atomic mass is 10.2. The van der Waals surface area contributed by atoms with Gasteiger partial charge in [0.1, 0.15) is 10.7 Å². The predicted molar refractivity (Wildman–Crippen MR) is 66.1 cm³/mol. The van der Waals surface area contributed by atoms with Gasteiger partial charge in [-0.05, 0) is 18.2 Å². The number of nitrogens with zero attached hydrogens (tertiary/aromatic N) is 2. The number of anilines is 1. The standard InChI is InChI=1S/C11H10F3N3O2S/c1-20(18,19)9-6-16-17(10(9)15)8-4-2-3-7(5-8)11(12,13)14/h2-6H,15H2,1H3. The molecule has 2 rings (SSSR count). The van der Waals surface area contributed by atoms with E-state index in [9.17, 15) is 21.6 Å². The first-order valence-corrected chi connectivity index (χ1v) is 7.21. The van der Waals surface area contributed by atoms with Crippen LogP contribution in [0.15, 0.2) is 35.4 Å². The summed E-state index contributed by atoms with van der Waals surface area (Å²) in [7, 11) is -3.59. The molecular weight excluding hydrogens is 295 g/mol. The van der Waals surface area contributed by atoms with Crippen LogP contribution in [0.5, 0.6) is 0 Å². The number of benzene rings is 1. The van der Waals surface area contributed by atoms with Gasteiger partial charge < -0.3 is 5.73 Å². The number of nitrogen functional groups attached to an aromatic ring is 1. The molecule has 108 valence electrons. The van der Waals surface area contributed by atoms with Crippen LogP contribution in [0.25, 0.3) is 5.69 Å². The highest BCUT2D eigenvalue weighted by atomic mass is 32.2. The van der Waals surface area contributed by atoms with Gasteiger partial charge in [0.05, 0.1) is 17.4 Å². The van der Waals surface area contributed by atoms with Crippen molar-refractivity contribution in [2.75, 3.05) is 12.0 Å². The minimum absolute atomic E-state index is 0.0345. The van der Waals surface area contributed by atoms with Gasteiger partial charge in [0.15, 0.2) is 9.84 Å². The van der Waals surface area contributed by atoms with Gasteiger partial charge in [-0.3, -0.25) is 0 Å². The lowest BCUT2D eigenvalue weighted by molar-refractivity contribution is -0.137. The highest BCUT2D eigenvalue weighted by molar-refractivity contribution is 7.90. The van der Waals surface area contributed by atoms with Gasteiger partial charge in [0, 0.05) is 6.26 Å². The van der Waals surface area contributed by atoms with Gasteiger partial charge in [-0.1, -0.05) is 6.07 Å². The Morgan fingerprint density at radius 1 is 1.30 bits per heavy atom. The summed E-state index contributed by atoms with van der Waals surface area (Å²) in [5.74, 6) is -0.230. The molecule has 0 atom stereocenters. The average Bonchev–Trinajstić information content (AvgIpc) is 2.70. The Morgan fingerprint density at radius 3 is 2.45 bits per heavy atom. The lowest BCUT2D eigenvalue weighted by Crippen LogP contribution is -2.08. The number of alkyl halides is 3. The molecule has 2 aromatic rings. The molecular formula is C11H10F3N3O2S. The molecule has 1 heterocycles. The Kier molecular flexibility index (Phi) is 3.24. The second-order valence-corrected chi connectivity index (χ2v) is 6.11. The molecule has 0 bridgehead atoms. The van der Waals surface area contributed by atoms with Crippen LogP contribution in [0.4, 0.5) is 19.0 Å². The van der Waals surface area contributed by atoms with Crippen molar-refractivity contribution in [3.8, 4) is 5.69 Å². The summed E-state index contributed by atoms with van der Waals surface area (Å²) in [6.45, 7) is 0. The fraction of sp³-hybridized carbons (Fsp3) is 0.182. The number of nitrogens with two attached hydrogens (primary N) is 1. The first-order chi connectivity index (χ1) is 9.10. The smallest absolute Gasteiger partial charge is 0.382 e. The second kappa shape index (κ2) is 4.51. The molecule has 0 fully saturated rings. The molecule has 0 saturated heterocycles. The van der Waals surface area contributed by atoms with E-state index in [1.807, 2.05) is 0 Å². The van der Waals surface area contributed by atoms with Crippen molar-refractivity contribution in [2.24, 2.45) is 0 Å². The van der Waals surface area contributed by atoms with E-state index in [4.69, 9.17) is 5.73 Å². The Hall–Kier alpha value is -2.03. The number of hydrogen-bond acceptors (Lipinski definition) is 4. The first-order valence-electron chi connectivity index (χ1n) is 5.32.